The summed E-state index contributed by atoms with van der Waals surface area (Å²) >= 11 is 6.33. The first-order valence-corrected chi connectivity index (χ1v) is 11.8. The SMILES string of the molecule is CNC(=O)c1ccccc1Nc1nc(Nc2ccc(N3CCN(C(C)C)CC3)cc2)ncc1Cl. The zero-order valence-electron chi connectivity index (χ0n) is 19.7. The molecule has 1 aromatic heterocycles. The maximum Gasteiger partial charge on any atom is 0.253 e. The van der Waals surface area contributed by atoms with Gasteiger partial charge >= 0.3 is 0 Å². The Kier molecular flexibility index (Phi) is 7.49. The van der Waals surface area contributed by atoms with Crippen LogP contribution in [-0.2, 0) is 0 Å². The maximum absolute atomic E-state index is 12.2. The van der Waals surface area contributed by atoms with Crippen molar-refractivity contribution in [3.8, 4) is 0 Å². The Morgan fingerprint density at radius 2 is 1.71 bits per heavy atom. The zero-order chi connectivity index (χ0) is 24.1. The molecule has 0 aliphatic carbocycles. The van der Waals surface area contributed by atoms with Crippen LogP contribution in [0.15, 0.2) is 54.7 Å². The summed E-state index contributed by atoms with van der Waals surface area (Å²) in [6, 6.07) is 16.0. The molecule has 3 aromatic rings. The van der Waals surface area contributed by atoms with E-state index in [-0.39, 0.29) is 5.91 Å². The van der Waals surface area contributed by atoms with Gasteiger partial charge in [-0.3, -0.25) is 9.69 Å². The van der Waals surface area contributed by atoms with Gasteiger partial charge in [-0.25, -0.2) is 4.98 Å². The molecule has 2 heterocycles. The van der Waals surface area contributed by atoms with Crippen molar-refractivity contribution in [1.29, 1.82) is 0 Å². The summed E-state index contributed by atoms with van der Waals surface area (Å²) in [5.74, 6) is 0.620. The number of nitrogens with zero attached hydrogens (tertiary/aromatic N) is 4. The van der Waals surface area contributed by atoms with Gasteiger partial charge in [0.25, 0.3) is 5.91 Å². The molecule has 3 N–H and O–H groups in total. The molecule has 0 radical (unpaired) electrons. The third-order valence-corrected chi connectivity index (χ3v) is 6.21. The van der Waals surface area contributed by atoms with E-state index >= 15 is 0 Å². The number of piperazine rings is 1. The van der Waals surface area contributed by atoms with Gasteiger partial charge in [-0.15, -0.1) is 0 Å². The minimum atomic E-state index is -0.197. The molecule has 1 saturated heterocycles. The van der Waals surface area contributed by atoms with Crippen LogP contribution >= 0.6 is 11.6 Å². The van der Waals surface area contributed by atoms with Gasteiger partial charge in [0.1, 0.15) is 5.02 Å². The van der Waals surface area contributed by atoms with E-state index in [1.165, 1.54) is 11.9 Å². The fraction of sp³-hybridized carbons (Fsp3) is 0.320. The molecule has 4 rings (SSSR count). The van der Waals surface area contributed by atoms with Gasteiger partial charge in [-0.1, -0.05) is 23.7 Å². The van der Waals surface area contributed by atoms with Gasteiger partial charge in [0, 0.05) is 50.6 Å². The number of aromatic nitrogens is 2. The minimum Gasteiger partial charge on any atom is -0.369 e. The molecule has 1 aliphatic heterocycles. The van der Waals surface area contributed by atoms with E-state index in [2.05, 4.69) is 61.7 Å². The summed E-state index contributed by atoms with van der Waals surface area (Å²) in [7, 11) is 1.59. The van der Waals surface area contributed by atoms with Gasteiger partial charge in [0.2, 0.25) is 5.95 Å². The second kappa shape index (κ2) is 10.7. The standard InChI is InChI=1S/C25H30ClN7O/c1-17(2)32-12-14-33(15-13-32)19-10-8-18(9-11-19)29-25-28-16-21(26)23(31-25)30-22-7-5-4-6-20(22)24(34)27-3/h4-11,16-17H,12-15H2,1-3H3,(H,27,34)(H2,28,29,30,31). The van der Waals surface area contributed by atoms with E-state index in [0.29, 0.717) is 34.1 Å². The molecule has 0 saturated carbocycles. The normalized spacial score (nSPS) is 14.2. The highest BCUT2D eigenvalue weighted by Gasteiger charge is 2.19. The van der Waals surface area contributed by atoms with Crippen LogP contribution < -0.4 is 20.9 Å². The quantitative estimate of drug-likeness (QED) is 0.459. The van der Waals surface area contributed by atoms with Gasteiger partial charge in [-0.2, -0.15) is 4.98 Å². The number of hydrogen-bond acceptors (Lipinski definition) is 7. The Morgan fingerprint density at radius 1 is 1.00 bits per heavy atom. The third-order valence-electron chi connectivity index (χ3n) is 5.93. The van der Waals surface area contributed by atoms with Crippen LogP contribution in [0.2, 0.25) is 5.02 Å². The predicted octanol–water partition coefficient (Wildman–Crippen LogP) is 4.51. The number of hydrogen-bond donors (Lipinski definition) is 3. The lowest BCUT2D eigenvalue weighted by atomic mass is 10.1. The first kappa shape index (κ1) is 23.8. The molecule has 0 atom stereocenters. The van der Waals surface area contributed by atoms with E-state index in [4.69, 9.17) is 11.6 Å². The second-order valence-corrected chi connectivity index (χ2v) is 8.84. The topological polar surface area (TPSA) is 85.4 Å². The number of benzene rings is 2. The molecule has 34 heavy (non-hydrogen) atoms. The third kappa shape index (κ3) is 5.58. The molecule has 9 heteroatoms. The molecule has 1 aliphatic rings. The molecule has 0 bridgehead atoms. The zero-order valence-corrected chi connectivity index (χ0v) is 20.4. The van der Waals surface area contributed by atoms with Crippen molar-refractivity contribution < 1.29 is 4.79 Å². The van der Waals surface area contributed by atoms with Crippen LogP contribution in [0, 0.1) is 0 Å². The second-order valence-electron chi connectivity index (χ2n) is 8.43. The maximum atomic E-state index is 12.2. The van der Waals surface area contributed by atoms with Crippen molar-refractivity contribution in [2.24, 2.45) is 0 Å². The average Bonchev–Trinajstić information content (AvgIpc) is 2.86. The van der Waals surface area contributed by atoms with E-state index < -0.39 is 0 Å². The van der Waals surface area contributed by atoms with E-state index in [1.54, 1.807) is 25.2 Å². The Hall–Kier alpha value is -3.36. The highest BCUT2D eigenvalue weighted by molar-refractivity contribution is 6.33. The monoisotopic (exact) mass is 479 g/mol. The smallest absolute Gasteiger partial charge is 0.253 e. The van der Waals surface area contributed by atoms with Crippen LogP contribution in [0.5, 0.6) is 0 Å². The lowest BCUT2D eigenvalue weighted by Crippen LogP contribution is -2.48. The number of amides is 1. The summed E-state index contributed by atoms with van der Waals surface area (Å²) in [6.07, 6.45) is 1.53. The first-order valence-electron chi connectivity index (χ1n) is 11.4. The number of carbonyl (C=O) groups excluding carboxylic acids is 1. The number of anilines is 5. The number of carbonyl (C=O) groups is 1. The Balaban J connectivity index is 1.44. The van der Waals surface area contributed by atoms with E-state index in [0.717, 1.165) is 31.9 Å². The Bertz CT molecular complexity index is 1130. The highest BCUT2D eigenvalue weighted by Crippen LogP contribution is 2.27. The fourth-order valence-electron chi connectivity index (χ4n) is 3.95. The Morgan fingerprint density at radius 3 is 2.38 bits per heavy atom. The van der Waals surface area contributed by atoms with Crippen LogP contribution in [0.3, 0.4) is 0 Å². The van der Waals surface area contributed by atoms with Crippen LogP contribution in [0.1, 0.15) is 24.2 Å². The lowest BCUT2D eigenvalue weighted by Gasteiger charge is -2.38. The summed E-state index contributed by atoms with van der Waals surface area (Å²) < 4.78 is 0. The number of rotatable bonds is 7. The summed E-state index contributed by atoms with van der Waals surface area (Å²) in [6.45, 7) is 8.70. The van der Waals surface area contributed by atoms with Gasteiger partial charge in [0.05, 0.1) is 17.4 Å². The number of para-hydroxylation sites is 1. The Labute approximate surface area is 205 Å². The van der Waals surface area contributed by atoms with Crippen molar-refractivity contribution >= 4 is 46.3 Å². The van der Waals surface area contributed by atoms with E-state index in [9.17, 15) is 4.79 Å². The van der Waals surface area contributed by atoms with Crippen molar-refractivity contribution in [3.63, 3.8) is 0 Å². The van der Waals surface area contributed by atoms with Gasteiger partial charge in [0.15, 0.2) is 5.82 Å². The molecular weight excluding hydrogens is 450 g/mol. The fourth-order valence-corrected chi connectivity index (χ4v) is 4.09. The van der Waals surface area contributed by atoms with Crippen LogP contribution in [0.25, 0.3) is 0 Å². The van der Waals surface area contributed by atoms with Gasteiger partial charge < -0.3 is 20.9 Å². The molecule has 1 fully saturated rings. The van der Waals surface area contributed by atoms with Crippen LogP contribution in [-0.4, -0.2) is 60.0 Å². The van der Waals surface area contributed by atoms with Crippen LogP contribution in [0.4, 0.5) is 28.8 Å². The van der Waals surface area contributed by atoms with Crippen molar-refractivity contribution in [2.45, 2.75) is 19.9 Å². The molecular formula is C25H30ClN7O. The number of nitrogens with one attached hydrogen (secondary N) is 3. The van der Waals surface area contributed by atoms with Gasteiger partial charge in [-0.05, 0) is 50.2 Å². The largest absolute Gasteiger partial charge is 0.369 e. The molecule has 8 nitrogen and oxygen atoms in total. The highest BCUT2D eigenvalue weighted by atomic mass is 35.5. The minimum absolute atomic E-state index is 0.197. The lowest BCUT2D eigenvalue weighted by molar-refractivity contribution is 0.0964. The molecule has 0 unspecified atom stereocenters. The van der Waals surface area contributed by atoms with Crippen molar-refractivity contribution in [1.82, 2.24) is 20.2 Å². The molecule has 178 valence electrons. The molecule has 2 aromatic carbocycles. The van der Waals surface area contributed by atoms with Crippen molar-refractivity contribution in [2.75, 3.05) is 48.8 Å². The average molecular weight is 480 g/mol. The molecule has 1 amide bonds. The summed E-state index contributed by atoms with van der Waals surface area (Å²) in [4.78, 5) is 25.9. The predicted molar refractivity (Wildman–Crippen MR) is 139 cm³/mol. The summed E-state index contributed by atoms with van der Waals surface area (Å²) in [5.41, 5.74) is 3.19. The number of halogens is 1. The van der Waals surface area contributed by atoms with Crippen molar-refractivity contribution in [3.05, 3.63) is 65.3 Å². The van der Waals surface area contributed by atoms with E-state index in [1.807, 2.05) is 18.2 Å². The first-order chi connectivity index (χ1) is 16.4. The molecule has 0 spiro atoms. The summed E-state index contributed by atoms with van der Waals surface area (Å²) in [5, 5.41) is 9.38.